The summed E-state index contributed by atoms with van der Waals surface area (Å²) in [6.07, 6.45) is 0.416. The molecule has 154 valence electrons. The Kier molecular flexibility index (Phi) is 7.04. The number of carbonyl (C=O) groups excluding carboxylic acids is 2. The number of morpholine rings is 1. The Balaban J connectivity index is 1.39. The second kappa shape index (κ2) is 9.49. The van der Waals surface area contributed by atoms with Crippen molar-refractivity contribution in [3.8, 4) is 0 Å². The van der Waals surface area contributed by atoms with Gasteiger partial charge in [0.1, 0.15) is 25.3 Å². The summed E-state index contributed by atoms with van der Waals surface area (Å²) in [5, 5.41) is 2.96. The van der Waals surface area contributed by atoms with Crippen molar-refractivity contribution >= 4 is 17.5 Å². The number of piperazine rings is 1. The van der Waals surface area contributed by atoms with Crippen LogP contribution in [0.3, 0.4) is 0 Å². The molecule has 0 unspecified atom stereocenters. The van der Waals surface area contributed by atoms with E-state index in [1.807, 2.05) is 36.1 Å². The van der Waals surface area contributed by atoms with E-state index < -0.39 is 0 Å². The SMILES string of the molecule is Cc1ccc(NC(=O)C[NH+]2CCN(C(=O)C[NH+]3C[C@H](C)O[C@@H](C)C3)CC2)cc1. The molecule has 2 atom stereocenters. The fourth-order valence-electron chi connectivity index (χ4n) is 4.18. The van der Waals surface area contributed by atoms with Crippen LogP contribution in [0.1, 0.15) is 19.4 Å². The predicted molar refractivity (Wildman–Crippen MR) is 108 cm³/mol. The lowest BCUT2D eigenvalue weighted by Crippen LogP contribution is -3.17. The van der Waals surface area contributed by atoms with Crippen LogP contribution in [0, 0.1) is 6.92 Å². The van der Waals surface area contributed by atoms with Gasteiger partial charge in [-0.15, -0.1) is 0 Å². The first-order chi connectivity index (χ1) is 13.4. The second-order valence-corrected chi connectivity index (χ2v) is 8.31. The van der Waals surface area contributed by atoms with Gasteiger partial charge in [0.2, 0.25) is 0 Å². The molecule has 0 bridgehead atoms. The maximum absolute atomic E-state index is 12.7. The van der Waals surface area contributed by atoms with Gasteiger partial charge in [0.05, 0.1) is 26.2 Å². The molecule has 3 rings (SSSR count). The molecule has 2 heterocycles. The smallest absolute Gasteiger partial charge is 0.279 e. The number of hydrogen-bond acceptors (Lipinski definition) is 3. The van der Waals surface area contributed by atoms with E-state index in [1.165, 1.54) is 15.4 Å². The number of anilines is 1. The van der Waals surface area contributed by atoms with Gasteiger partial charge in [0, 0.05) is 5.69 Å². The van der Waals surface area contributed by atoms with E-state index in [2.05, 4.69) is 19.2 Å². The molecule has 7 nitrogen and oxygen atoms in total. The monoisotopic (exact) mass is 390 g/mol. The molecule has 0 aliphatic carbocycles. The Morgan fingerprint density at radius 2 is 1.64 bits per heavy atom. The Morgan fingerprint density at radius 1 is 1.04 bits per heavy atom. The van der Waals surface area contributed by atoms with Crippen LogP contribution in [-0.4, -0.2) is 81.3 Å². The summed E-state index contributed by atoms with van der Waals surface area (Å²) < 4.78 is 5.76. The van der Waals surface area contributed by atoms with E-state index in [0.29, 0.717) is 13.1 Å². The zero-order valence-corrected chi connectivity index (χ0v) is 17.3. The van der Waals surface area contributed by atoms with Crippen molar-refractivity contribution in [3.05, 3.63) is 29.8 Å². The molecule has 2 aliphatic rings. The number of hydrogen-bond donors (Lipinski definition) is 3. The molecule has 1 aromatic rings. The summed E-state index contributed by atoms with van der Waals surface area (Å²) in [5.74, 6) is 0.249. The third-order valence-electron chi connectivity index (χ3n) is 5.59. The molecule has 3 N–H and O–H groups in total. The van der Waals surface area contributed by atoms with Crippen LogP contribution >= 0.6 is 0 Å². The average Bonchev–Trinajstić information content (AvgIpc) is 2.63. The largest absolute Gasteiger partial charge is 0.364 e. The fourth-order valence-corrected chi connectivity index (χ4v) is 4.18. The number of ether oxygens (including phenoxy) is 1. The van der Waals surface area contributed by atoms with Crippen molar-refractivity contribution in [2.75, 3.05) is 57.7 Å². The standard InChI is InChI=1S/C21H32N4O3/c1-16-4-6-19(7-5-16)22-20(26)14-23-8-10-25(11-9-23)21(27)15-24-12-17(2)28-18(3)13-24/h4-7,17-18H,8-15H2,1-3H3,(H,22,26)/p+2/t17-,18-/m0/s1. The molecular formula is C21H34N4O3+2. The van der Waals surface area contributed by atoms with Crippen LogP contribution in [0.15, 0.2) is 24.3 Å². The van der Waals surface area contributed by atoms with E-state index in [1.54, 1.807) is 0 Å². The third-order valence-corrected chi connectivity index (χ3v) is 5.59. The van der Waals surface area contributed by atoms with Crippen LogP contribution in [0.4, 0.5) is 5.69 Å². The van der Waals surface area contributed by atoms with Gasteiger partial charge in [-0.25, -0.2) is 0 Å². The van der Waals surface area contributed by atoms with E-state index >= 15 is 0 Å². The van der Waals surface area contributed by atoms with E-state index in [-0.39, 0.29) is 24.0 Å². The molecule has 2 fully saturated rings. The molecule has 0 aromatic heterocycles. The molecule has 0 radical (unpaired) electrons. The molecular weight excluding hydrogens is 356 g/mol. The summed E-state index contributed by atoms with van der Waals surface area (Å²) in [4.78, 5) is 29.4. The summed E-state index contributed by atoms with van der Waals surface area (Å²) >= 11 is 0. The molecule has 7 heteroatoms. The number of rotatable bonds is 5. The predicted octanol–water partition coefficient (Wildman–Crippen LogP) is -1.65. The van der Waals surface area contributed by atoms with E-state index in [9.17, 15) is 9.59 Å². The number of nitrogens with zero attached hydrogens (tertiary/aromatic N) is 1. The Morgan fingerprint density at radius 3 is 2.25 bits per heavy atom. The first kappa shape index (κ1) is 20.8. The minimum atomic E-state index is 0.0272. The number of nitrogens with one attached hydrogen (secondary N) is 3. The van der Waals surface area contributed by atoms with Crippen LogP contribution < -0.4 is 15.1 Å². The topological polar surface area (TPSA) is 67.5 Å². The Hall–Kier alpha value is -1.96. The highest BCUT2D eigenvalue weighted by atomic mass is 16.5. The Bertz CT molecular complexity index is 661. The summed E-state index contributed by atoms with van der Waals surface area (Å²) in [7, 11) is 0. The van der Waals surface area contributed by atoms with Crippen molar-refractivity contribution < 1.29 is 24.1 Å². The molecule has 28 heavy (non-hydrogen) atoms. The lowest BCUT2D eigenvalue weighted by atomic mass is 10.2. The highest BCUT2D eigenvalue weighted by Gasteiger charge is 2.31. The second-order valence-electron chi connectivity index (χ2n) is 8.31. The van der Waals surface area contributed by atoms with Gasteiger partial charge in [-0.1, -0.05) is 17.7 Å². The van der Waals surface area contributed by atoms with Gasteiger partial charge in [-0.05, 0) is 32.9 Å². The van der Waals surface area contributed by atoms with Crippen molar-refractivity contribution in [1.82, 2.24) is 4.90 Å². The maximum Gasteiger partial charge on any atom is 0.279 e. The maximum atomic E-state index is 12.7. The lowest BCUT2D eigenvalue weighted by molar-refractivity contribution is -0.908. The number of carbonyl (C=O) groups is 2. The van der Waals surface area contributed by atoms with Crippen molar-refractivity contribution in [3.63, 3.8) is 0 Å². The minimum absolute atomic E-state index is 0.0272. The van der Waals surface area contributed by atoms with Crippen LogP contribution in [0.2, 0.25) is 0 Å². The van der Waals surface area contributed by atoms with Gasteiger partial charge in [-0.2, -0.15) is 0 Å². The summed E-state index contributed by atoms with van der Waals surface area (Å²) in [5.41, 5.74) is 2.01. The highest BCUT2D eigenvalue weighted by Crippen LogP contribution is 2.07. The average molecular weight is 391 g/mol. The minimum Gasteiger partial charge on any atom is -0.364 e. The van der Waals surface area contributed by atoms with Gasteiger partial charge in [0.15, 0.2) is 13.1 Å². The Labute approximate surface area is 167 Å². The molecule has 0 saturated carbocycles. The summed E-state index contributed by atoms with van der Waals surface area (Å²) in [6.45, 7) is 12.0. The summed E-state index contributed by atoms with van der Waals surface area (Å²) in [6, 6.07) is 7.83. The van der Waals surface area contributed by atoms with Crippen LogP contribution in [0.25, 0.3) is 0 Å². The van der Waals surface area contributed by atoms with Gasteiger partial charge in [0.25, 0.3) is 11.8 Å². The van der Waals surface area contributed by atoms with Crippen LogP contribution in [0.5, 0.6) is 0 Å². The van der Waals surface area contributed by atoms with Gasteiger partial charge >= 0.3 is 0 Å². The molecule has 1 aromatic carbocycles. The first-order valence-electron chi connectivity index (χ1n) is 10.4. The van der Waals surface area contributed by atoms with Crippen molar-refractivity contribution in [2.45, 2.75) is 33.0 Å². The number of quaternary nitrogens is 2. The highest BCUT2D eigenvalue weighted by molar-refractivity contribution is 5.91. The first-order valence-corrected chi connectivity index (χ1v) is 10.4. The number of amides is 2. The molecule has 2 amide bonds. The third kappa shape index (κ3) is 6.02. The lowest BCUT2D eigenvalue weighted by Gasteiger charge is -2.35. The molecule has 0 spiro atoms. The fraction of sp³-hybridized carbons (Fsp3) is 0.619. The normalized spacial score (nSPS) is 26.1. The number of benzene rings is 1. The van der Waals surface area contributed by atoms with Crippen molar-refractivity contribution in [1.29, 1.82) is 0 Å². The van der Waals surface area contributed by atoms with Gasteiger partial charge in [-0.3, -0.25) is 9.59 Å². The zero-order valence-electron chi connectivity index (χ0n) is 17.3. The van der Waals surface area contributed by atoms with E-state index in [0.717, 1.165) is 45.0 Å². The van der Waals surface area contributed by atoms with Gasteiger partial charge < -0.3 is 24.8 Å². The number of aryl methyl sites for hydroxylation is 1. The quantitative estimate of drug-likeness (QED) is 0.565. The van der Waals surface area contributed by atoms with Crippen molar-refractivity contribution in [2.24, 2.45) is 0 Å². The molecule has 2 saturated heterocycles. The van der Waals surface area contributed by atoms with Crippen LogP contribution in [-0.2, 0) is 14.3 Å². The van der Waals surface area contributed by atoms with E-state index in [4.69, 9.17) is 4.74 Å². The zero-order chi connectivity index (χ0) is 20.1. The molecule has 2 aliphatic heterocycles.